The molecule has 1 unspecified atom stereocenters. The van der Waals surface area contributed by atoms with Gasteiger partial charge in [-0.05, 0) is 50.2 Å². The third-order valence-electron chi connectivity index (χ3n) is 5.70. The van der Waals surface area contributed by atoms with Crippen LogP contribution in [0.25, 0.3) is 10.9 Å². The SMILES string of the molecule is CCN(CC)C(CNC(=O)c1ccc2c(=O)n(CC)c(=O)[nH]c2c1)Cc1ccccc1. The number of carbonyl (C=O) groups is 1. The van der Waals surface area contributed by atoms with Gasteiger partial charge in [-0.3, -0.25) is 19.1 Å². The van der Waals surface area contributed by atoms with Crippen LogP contribution < -0.4 is 16.6 Å². The molecule has 7 nitrogen and oxygen atoms in total. The van der Waals surface area contributed by atoms with Gasteiger partial charge in [0.2, 0.25) is 0 Å². The van der Waals surface area contributed by atoms with Crippen molar-refractivity contribution in [2.75, 3.05) is 19.6 Å². The maximum absolute atomic E-state index is 12.8. The molecule has 7 heteroatoms. The van der Waals surface area contributed by atoms with E-state index in [1.165, 1.54) is 5.56 Å². The third kappa shape index (κ3) is 5.11. The number of H-pyrrole nitrogens is 1. The van der Waals surface area contributed by atoms with Crippen LogP contribution in [0.1, 0.15) is 36.7 Å². The Balaban J connectivity index is 1.79. The zero-order chi connectivity index (χ0) is 22.4. The van der Waals surface area contributed by atoms with Gasteiger partial charge < -0.3 is 10.3 Å². The summed E-state index contributed by atoms with van der Waals surface area (Å²) in [6.45, 7) is 8.56. The van der Waals surface area contributed by atoms with Gasteiger partial charge in [0.15, 0.2) is 0 Å². The highest BCUT2D eigenvalue weighted by molar-refractivity contribution is 5.97. The highest BCUT2D eigenvalue weighted by Crippen LogP contribution is 2.11. The molecule has 0 spiro atoms. The summed E-state index contributed by atoms with van der Waals surface area (Å²) < 4.78 is 1.14. The molecule has 0 aliphatic rings. The van der Waals surface area contributed by atoms with E-state index in [1.54, 1.807) is 25.1 Å². The molecule has 1 amide bonds. The van der Waals surface area contributed by atoms with Gasteiger partial charge in [-0.1, -0.05) is 44.2 Å². The Hall–Kier alpha value is -3.19. The monoisotopic (exact) mass is 422 g/mol. The number of amides is 1. The lowest BCUT2D eigenvalue weighted by Gasteiger charge is -2.30. The summed E-state index contributed by atoms with van der Waals surface area (Å²) in [5.41, 5.74) is 1.19. The predicted octanol–water partition coefficient (Wildman–Crippen LogP) is 2.39. The van der Waals surface area contributed by atoms with E-state index in [0.717, 1.165) is 24.1 Å². The predicted molar refractivity (Wildman–Crippen MR) is 124 cm³/mol. The number of aromatic amines is 1. The summed E-state index contributed by atoms with van der Waals surface area (Å²) in [6, 6.07) is 15.2. The first-order valence-corrected chi connectivity index (χ1v) is 10.8. The second-order valence-corrected chi connectivity index (χ2v) is 7.51. The van der Waals surface area contributed by atoms with Crippen LogP contribution in [0.15, 0.2) is 58.1 Å². The van der Waals surface area contributed by atoms with E-state index in [1.807, 2.05) is 18.2 Å². The number of hydrogen-bond donors (Lipinski definition) is 2. The molecule has 164 valence electrons. The number of nitrogens with one attached hydrogen (secondary N) is 2. The summed E-state index contributed by atoms with van der Waals surface area (Å²) in [4.78, 5) is 42.4. The molecule has 0 saturated carbocycles. The number of nitrogens with zero attached hydrogens (tertiary/aromatic N) is 2. The molecule has 31 heavy (non-hydrogen) atoms. The van der Waals surface area contributed by atoms with Crippen LogP contribution in [0, 0.1) is 0 Å². The van der Waals surface area contributed by atoms with Crippen LogP contribution in [0.3, 0.4) is 0 Å². The number of rotatable bonds is 9. The Labute approximate surface area is 181 Å². The lowest BCUT2D eigenvalue weighted by atomic mass is 10.0. The van der Waals surface area contributed by atoms with Crippen LogP contribution in [0.5, 0.6) is 0 Å². The van der Waals surface area contributed by atoms with Crippen molar-refractivity contribution in [1.82, 2.24) is 19.8 Å². The topological polar surface area (TPSA) is 87.2 Å². The number of benzene rings is 2. The molecule has 0 fully saturated rings. The van der Waals surface area contributed by atoms with Gasteiger partial charge >= 0.3 is 5.69 Å². The molecule has 3 rings (SSSR count). The Kier molecular flexibility index (Phi) is 7.41. The number of carbonyl (C=O) groups excluding carboxylic acids is 1. The van der Waals surface area contributed by atoms with Crippen molar-refractivity contribution < 1.29 is 4.79 Å². The number of hydrogen-bond acceptors (Lipinski definition) is 4. The van der Waals surface area contributed by atoms with Crippen LogP contribution in [-0.2, 0) is 13.0 Å². The zero-order valence-corrected chi connectivity index (χ0v) is 18.4. The first kappa shape index (κ1) is 22.5. The lowest BCUT2D eigenvalue weighted by Crippen LogP contribution is -2.45. The molecular formula is C24H30N4O3. The van der Waals surface area contributed by atoms with Gasteiger partial charge in [0.1, 0.15) is 0 Å². The molecule has 0 radical (unpaired) electrons. The molecule has 1 atom stereocenters. The first-order valence-electron chi connectivity index (χ1n) is 10.8. The van der Waals surface area contributed by atoms with Gasteiger partial charge in [-0.25, -0.2) is 4.79 Å². The average molecular weight is 423 g/mol. The van der Waals surface area contributed by atoms with Crippen LogP contribution in [0.2, 0.25) is 0 Å². The fraction of sp³-hybridized carbons (Fsp3) is 0.375. The Morgan fingerprint density at radius 2 is 1.77 bits per heavy atom. The van der Waals surface area contributed by atoms with E-state index < -0.39 is 5.69 Å². The standard InChI is InChI=1S/C24H30N4O3/c1-4-27(5-2)19(14-17-10-8-7-9-11-17)16-25-22(29)18-12-13-20-21(15-18)26-24(31)28(6-3)23(20)30/h7-13,15,19H,4-6,14,16H2,1-3H3,(H,25,29)(H,26,31). The molecule has 2 N–H and O–H groups in total. The summed E-state index contributed by atoms with van der Waals surface area (Å²) in [5, 5.41) is 3.42. The minimum atomic E-state index is -0.470. The van der Waals surface area contributed by atoms with Gasteiger partial charge in [0.25, 0.3) is 11.5 Å². The van der Waals surface area contributed by atoms with Crippen LogP contribution >= 0.6 is 0 Å². The molecule has 0 aliphatic carbocycles. The maximum Gasteiger partial charge on any atom is 0.328 e. The van der Waals surface area contributed by atoms with E-state index in [9.17, 15) is 14.4 Å². The summed E-state index contributed by atoms with van der Waals surface area (Å²) in [5.74, 6) is -0.229. The van der Waals surface area contributed by atoms with E-state index in [-0.39, 0.29) is 17.5 Å². The normalized spacial score (nSPS) is 12.3. The number of aromatic nitrogens is 2. The molecule has 3 aromatic rings. The maximum atomic E-state index is 12.8. The average Bonchev–Trinajstić information content (AvgIpc) is 2.78. The second-order valence-electron chi connectivity index (χ2n) is 7.51. The van der Waals surface area contributed by atoms with Gasteiger partial charge in [0, 0.05) is 24.7 Å². The smallest absolute Gasteiger partial charge is 0.328 e. The van der Waals surface area contributed by atoms with Crippen molar-refractivity contribution in [2.24, 2.45) is 0 Å². The van der Waals surface area contributed by atoms with Crippen molar-refractivity contribution in [3.8, 4) is 0 Å². The molecule has 0 bridgehead atoms. The van der Waals surface area contributed by atoms with Gasteiger partial charge in [-0.15, -0.1) is 0 Å². The molecule has 2 aromatic carbocycles. The second kappa shape index (κ2) is 10.2. The first-order chi connectivity index (χ1) is 15.0. The van der Waals surface area contributed by atoms with Crippen LogP contribution in [0.4, 0.5) is 0 Å². The largest absolute Gasteiger partial charge is 0.350 e. The van der Waals surface area contributed by atoms with Crippen molar-refractivity contribution in [3.63, 3.8) is 0 Å². The Morgan fingerprint density at radius 3 is 2.42 bits per heavy atom. The lowest BCUT2D eigenvalue weighted by molar-refractivity contribution is 0.0934. The minimum Gasteiger partial charge on any atom is -0.350 e. The number of fused-ring (bicyclic) bond motifs is 1. The Morgan fingerprint density at radius 1 is 1.06 bits per heavy atom. The van der Waals surface area contributed by atoms with E-state index in [4.69, 9.17) is 0 Å². The molecule has 1 heterocycles. The molecular weight excluding hydrogens is 392 g/mol. The van der Waals surface area contributed by atoms with Crippen molar-refractivity contribution in [1.29, 1.82) is 0 Å². The Bertz CT molecular complexity index is 1150. The van der Waals surface area contributed by atoms with E-state index in [2.05, 4.69) is 41.2 Å². The summed E-state index contributed by atoms with van der Waals surface area (Å²) in [7, 11) is 0. The molecule has 0 saturated heterocycles. The molecule has 0 aliphatic heterocycles. The van der Waals surface area contributed by atoms with Crippen molar-refractivity contribution in [2.45, 2.75) is 39.8 Å². The van der Waals surface area contributed by atoms with Crippen molar-refractivity contribution >= 4 is 16.8 Å². The highest BCUT2D eigenvalue weighted by atomic mass is 16.2. The van der Waals surface area contributed by atoms with E-state index >= 15 is 0 Å². The fourth-order valence-corrected chi connectivity index (χ4v) is 3.95. The van der Waals surface area contributed by atoms with E-state index in [0.29, 0.717) is 29.6 Å². The zero-order valence-electron chi connectivity index (χ0n) is 18.4. The fourth-order valence-electron chi connectivity index (χ4n) is 3.95. The third-order valence-corrected chi connectivity index (χ3v) is 5.70. The summed E-state index contributed by atoms with van der Waals surface area (Å²) >= 11 is 0. The highest BCUT2D eigenvalue weighted by Gasteiger charge is 2.18. The van der Waals surface area contributed by atoms with Gasteiger partial charge in [0.05, 0.1) is 10.9 Å². The van der Waals surface area contributed by atoms with Gasteiger partial charge in [-0.2, -0.15) is 0 Å². The number of likely N-dealkylation sites (N-methyl/N-ethyl adjacent to an activating group) is 1. The quantitative estimate of drug-likeness (QED) is 0.554. The van der Waals surface area contributed by atoms with Crippen LogP contribution in [-0.4, -0.2) is 46.0 Å². The molecule has 1 aromatic heterocycles. The minimum absolute atomic E-state index is 0.165. The van der Waals surface area contributed by atoms with Crippen molar-refractivity contribution in [3.05, 3.63) is 80.5 Å². The summed E-state index contributed by atoms with van der Waals surface area (Å²) in [6.07, 6.45) is 0.838.